The van der Waals surface area contributed by atoms with Gasteiger partial charge in [0.2, 0.25) is 0 Å². The summed E-state index contributed by atoms with van der Waals surface area (Å²) in [6, 6.07) is 4.07. The average molecular weight is 347 g/mol. The molecule has 0 bridgehead atoms. The molecule has 0 atom stereocenters. The maximum absolute atomic E-state index is 12.7. The molecule has 25 heavy (non-hydrogen) atoms. The van der Waals surface area contributed by atoms with Crippen molar-refractivity contribution in [2.45, 2.75) is 37.6 Å². The largest absolute Gasteiger partial charge is 0.497 e. The molecule has 1 saturated heterocycles. The molecular formula is C17H21N3O5. The molecule has 2 N–H and O–H groups in total. The number of hydrogen-bond acceptors (Lipinski definition) is 5. The van der Waals surface area contributed by atoms with Crippen molar-refractivity contribution in [3.8, 4) is 11.5 Å². The number of rotatable bonds is 4. The molecule has 1 saturated carbocycles. The molecule has 1 spiro atoms. The molecular weight excluding hydrogens is 326 g/mol. The zero-order chi connectivity index (χ0) is 18.0. The number of hydrazine groups is 1. The van der Waals surface area contributed by atoms with E-state index < -0.39 is 23.4 Å². The number of urea groups is 1. The lowest BCUT2D eigenvalue weighted by atomic mass is 9.82. The number of methoxy groups -OCH3 is 2. The third kappa shape index (κ3) is 2.99. The van der Waals surface area contributed by atoms with E-state index in [1.165, 1.54) is 20.3 Å². The molecule has 2 fully saturated rings. The van der Waals surface area contributed by atoms with Gasteiger partial charge in [-0.25, -0.2) is 4.79 Å². The predicted molar refractivity (Wildman–Crippen MR) is 88.2 cm³/mol. The predicted octanol–water partition coefficient (Wildman–Crippen LogP) is 1.60. The second-order valence-corrected chi connectivity index (χ2v) is 6.22. The van der Waals surface area contributed by atoms with Crippen molar-refractivity contribution in [2.75, 3.05) is 14.2 Å². The lowest BCUT2D eigenvalue weighted by Gasteiger charge is -2.30. The van der Waals surface area contributed by atoms with Gasteiger partial charge in [-0.3, -0.25) is 15.0 Å². The number of ether oxygens (including phenoxy) is 2. The Morgan fingerprint density at radius 1 is 1.16 bits per heavy atom. The number of amides is 4. The second-order valence-electron chi connectivity index (χ2n) is 6.22. The van der Waals surface area contributed by atoms with Gasteiger partial charge in [-0.15, -0.1) is 0 Å². The van der Waals surface area contributed by atoms with Crippen LogP contribution in [-0.2, 0) is 4.79 Å². The SMILES string of the molecule is COc1ccc(C(=O)NN2C(=O)NC3(CCCCC3)C2=O)c(OC)c1. The van der Waals surface area contributed by atoms with E-state index >= 15 is 0 Å². The minimum atomic E-state index is -0.882. The summed E-state index contributed by atoms with van der Waals surface area (Å²) in [6.07, 6.45) is 3.98. The van der Waals surface area contributed by atoms with Gasteiger partial charge in [-0.2, -0.15) is 5.01 Å². The molecule has 1 aliphatic heterocycles. The van der Waals surface area contributed by atoms with Gasteiger partial charge in [-0.1, -0.05) is 19.3 Å². The summed E-state index contributed by atoms with van der Waals surface area (Å²) in [6.45, 7) is 0. The molecule has 1 aromatic rings. The summed E-state index contributed by atoms with van der Waals surface area (Å²) >= 11 is 0. The molecule has 8 heteroatoms. The van der Waals surface area contributed by atoms with Crippen LogP contribution in [-0.4, -0.2) is 42.6 Å². The van der Waals surface area contributed by atoms with E-state index in [2.05, 4.69) is 10.7 Å². The van der Waals surface area contributed by atoms with Crippen LogP contribution in [0.25, 0.3) is 0 Å². The van der Waals surface area contributed by atoms with Crippen LogP contribution < -0.4 is 20.2 Å². The van der Waals surface area contributed by atoms with Crippen LogP contribution in [0, 0.1) is 0 Å². The van der Waals surface area contributed by atoms with Crippen LogP contribution in [0.5, 0.6) is 11.5 Å². The summed E-state index contributed by atoms with van der Waals surface area (Å²) in [5.41, 5.74) is 1.71. The van der Waals surface area contributed by atoms with Crippen molar-refractivity contribution < 1.29 is 23.9 Å². The molecule has 1 heterocycles. The third-order valence-electron chi connectivity index (χ3n) is 4.74. The van der Waals surface area contributed by atoms with Crippen LogP contribution in [0.15, 0.2) is 18.2 Å². The van der Waals surface area contributed by atoms with Crippen LogP contribution in [0.2, 0.25) is 0 Å². The maximum Gasteiger partial charge on any atom is 0.344 e. The number of imide groups is 1. The number of benzene rings is 1. The number of hydrogen-bond donors (Lipinski definition) is 2. The zero-order valence-electron chi connectivity index (χ0n) is 14.3. The number of nitrogens with zero attached hydrogens (tertiary/aromatic N) is 1. The lowest BCUT2D eigenvalue weighted by Crippen LogP contribution is -2.51. The quantitative estimate of drug-likeness (QED) is 0.807. The number of carbonyl (C=O) groups excluding carboxylic acids is 3. The topological polar surface area (TPSA) is 97.0 Å². The second kappa shape index (κ2) is 6.62. The smallest absolute Gasteiger partial charge is 0.344 e. The van der Waals surface area contributed by atoms with E-state index in [1.807, 2.05) is 0 Å². The van der Waals surface area contributed by atoms with Crippen molar-refractivity contribution >= 4 is 17.8 Å². The summed E-state index contributed by atoms with van der Waals surface area (Å²) in [5.74, 6) is -0.185. The first kappa shape index (κ1) is 17.1. The summed E-state index contributed by atoms with van der Waals surface area (Å²) < 4.78 is 10.3. The van der Waals surface area contributed by atoms with E-state index in [4.69, 9.17) is 9.47 Å². The van der Waals surface area contributed by atoms with E-state index in [0.717, 1.165) is 24.3 Å². The van der Waals surface area contributed by atoms with Crippen molar-refractivity contribution in [1.29, 1.82) is 0 Å². The normalized spacial score (nSPS) is 18.9. The molecule has 4 amide bonds. The van der Waals surface area contributed by atoms with Gasteiger partial charge < -0.3 is 14.8 Å². The fourth-order valence-electron chi connectivity index (χ4n) is 3.36. The highest BCUT2D eigenvalue weighted by Gasteiger charge is 2.52. The third-order valence-corrected chi connectivity index (χ3v) is 4.74. The molecule has 2 aliphatic rings. The standard InChI is InChI=1S/C17H21N3O5/c1-24-11-6-7-12(13(10-11)25-2)14(21)19-20-15(22)17(18-16(20)23)8-4-3-5-9-17/h6-7,10H,3-5,8-9H2,1-2H3,(H,18,23)(H,19,21). The van der Waals surface area contributed by atoms with E-state index in [9.17, 15) is 14.4 Å². The monoisotopic (exact) mass is 347 g/mol. The highest BCUT2D eigenvalue weighted by atomic mass is 16.5. The van der Waals surface area contributed by atoms with Gasteiger partial charge in [0.1, 0.15) is 17.0 Å². The fourth-order valence-corrected chi connectivity index (χ4v) is 3.36. The zero-order valence-corrected chi connectivity index (χ0v) is 14.3. The van der Waals surface area contributed by atoms with Gasteiger partial charge in [0.05, 0.1) is 19.8 Å². The molecule has 0 unspecified atom stereocenters. The van der Waals surface area contributed by atoms with Crippen molar-refractivity contribution in [1.82, 2.24) is 15.8 Å². The minimum absolute atomic E-state index is 0.202. The number of carbonyl (C=O) groups is 3. The lowest BCUT2D eigenvalue weighted by molar-refractivity contribution is -0.134. The summed E-state index contributed by atoms with van der Waals surface area (Å²) in [7, 11) is 2.93. The molecule has 1 aliphatic carbocycles. The first-order valence-electron chi connectivity index (χ1n) is 8.20. The van der Waals surface area contributed by atoms with Crippen molar-refractivity contribution in [2.24, 2.45) is 0 Å². The average Bonchev–Trinajstić information content (AvgIpc) is 2.85. The summed E-state index contributed by atoms with van der Waals surface area (Å²) in [4.78, 5) is 37.4. The Bertz CT molecular complexity index is 712. The molecule has 1 aromatic carbocycles. The van der Waals surface area contributed by atoms with Crippen LogP contribution in [0.1, 0.15) is 42.5 Å². The maximum atomic E-state index is 12.7. The Labute approximate surface area is 145 Å². The Balaban J connectivity index is 1.79. The molecule has 0 radical (unpaired) electrons. The van der Waals surface area contributed by atoms with Gasteiger partial charge in [0.15, 0.2) is 0 Å². The first-order valence-corrected chi connectivity index (χ1v) is 8.20. The number of nitrogens with one attached hydrogen (secondary N) is 2. The summed E-state index contributed by atoms with van der Waals surface area (Å²) in [5, 5.41) is 3.52. The Kier molecular flexibility index (Phi) is 4.52. The Hall–Kier alpha value is -2.77. The highest BCUT2D eigenvalue weighted by Crippen LogP contribution is 2.33. The minimum Gasteiger partial charge on any atom is -0.497 e. The first-order chi connectivity index (χ1) is 12.0. The van der Waals surface area contributed by atoms with Gasteiger partial charge in [0.25, 0.3) is 11.8 Å². The van der Waals surface area contributed by atoms with Crippen molar-refractivity contribution in [3.63, 3.8) is 0 Å². The van der Waals surface area contributed by atoms with Gasteiger partial charge in [-0.05, 0) is 25.0 Å². The molecule has 134 valence electrons. The van der Waals surface area contributed by atoms with Gasteiger partial charge >= 0.3 is 6.03 Å². The van der Waals surface area contributed by atoms with E-state index in [1.54, 1.807) is 12.1 Å². The van der Waals surface area contributed by atoms with E-state index in [-0.39, 0.29) is 11.3 Å². The molecule has 3 rings (SSSR count). The van der Waals surface area contributed by atoms with Gasteiger partial charge in [0, 0.05) is 6.07 Å². The van der Waals surface area contributed by atoms with Crippen LogP contribution in [0.4, 0.5) is 4.79 Å². The van der Waals surface area contributed by atoms with E-state index in [0.29, 0.717) is 18.6 Å². The Morgan fingerprint density at radius 3 is 2.52 bits per heavy atom. The van der Waals surface area contributed by atoms with Crippen molar-refractivity contribution in [3.05, 3.63) is 23.8 Å². The van der Waals surface area contributed by atoms with Crippen LogP contribution in [0.3, 0.4) is 0 Å². The Morgan fingerprint density at radius 2 is 1.88 bits per heavy atom. The van der Waals surface area contributed by atoms with Crippen LogP contribution >= 0.6 is 0 Å². The molecule has 0 aromatic heterocycles. The molecule has 8 nitrogen and oxygen atoms in total. The fraction of sp³-hybridized carbons (Fsp3) is 0.471. The highest BCUT2D eigenvalue weighted by molar-refractivity contribution is 6.09.